The number of rotatable bonds is 8. The molecule has 7 rings (SSSR count). The number of fused-ring (bicyclic) bond motifs is 2. The topological polar surface area (TPSA) is 99.0 Å². The molecule has 10 heteroatoms. The molecule has 1 aromatic heterocycles. The van der Waals surface area contributed by atoms with Crippen LogP contribution in [0.3, 0.4) is 0 Å². The zero-order chi connectivity index (χ0) is 26.6. The summed E-state index contributed by atoms with van der Waals surface area (Å²) < 4.78 is 36.3. The van der Waals surface area contributed by atoms with Gasteiger partial charge >= 0.3 is 0 Å². The highest BCUT2D eigenvalue weighted by Crippen LogP contribution is 2.46. The molecule has 5 fully saturated rings. The van der Waals surface area contributed by atoms with E-state index >= 15 is 0 Å². The molecule has 1 amide bonds. The van der Waals surface area contributed by atoms with Gasteiger partial charge in [-0.1, -0.05) is 35.5 Å². The third-order valence-corrected chi connectivity index (χ3v) is 11.9. The van der Waals surface area contributed by atoms with Crippen LogP contribution in [0.4, 0.5) is 0 Å². The van der Waals surface area contributed by atoms with E-state index in [1.807, 2.05) is 0 Å². The van der Waals surface area contributed by atoms with Gasteiger partial charge in [0.25, 0.3) is 16.1 Å². The number of nitrogens with one attached hydrogen (secondary N) is 1. The van der Waals surface area contributed by atoms with Crippen molar-refractivity contribution in [2.45, 2.75) is 81.8 Å². The Kier molecular flexibility index (Phi) is 6.57. The first-order valence-electron chi connectivity index (χ1n) is 14.7. The molecule has 1 N–H and O–H groups in total. The van der Waals surface area contributed by atoms with Gasteiger partial charge < -0.3 is 14.7 Å². The summed E-state index contributed by atoms with van der Waals surface area (Å²) in [5.41, 5.74) is 1.84. The predicted octanol–water partition coefficient (Wildman–Crippen LogP) is 3.16. The first kappa shape index (κ1) is 25.7. The van der Waals surface area contributed by atoms with Crippen molar-refractivity contribution in [2.75, 3.05) is 32.7 Å². The molecule has 2 aromatic rings. The van der Waals surface area contributed by atoms with Crippen molar-refractivity contribution in [3.05, 3.63) is 53.4 Å². The van der Waals surface area contributed by atoms with Gasteiger partial charge in [-0.05, 0) is 76.4 Å². The highest BCUT2D eigenvalue weighted by Gasteiger charge is 2.55. The highest BCUT2D eigenvalue weighted by atomic mass is 32.2. The van der Waals surface area contributed by atoms with E-state index in [4.69, 9.17) is 4.52 Å². The number of aromatic nitrogens is 1. The van der Waals surface area contributed by atoms with Crippen LogP contribution < -0.4 is 5.32 Å². The monoisotopic (exact) mass is 553 g/mol. The number of benzene rings is 1. The molecule has 0 unspecified atom stereocenters. The third-order valence-electron chi connectivity index (χ3n) is 9.83. The number of carbonyl (C=O) groups is 1. The first-order chi connectivity index (χ1) is 18.9. The van der Waals surface area contributed by atoms with E-state index in [-0.39, 0.29) is 29.4 Å². The van der Waals surface area contributed by atoms with E-state index in [2.05, 4.69) is 45.7 Å². The third kappa shape index (κ3) is 5.05. The first-order valence-corrected chi connectivity index (χ1v) is 16.1. The average Bonchev–Trinajstić information content (AvgIpc) is 3.57. The Morgan fingerprint density at radius 3 is 2.38 bits per heavy atom. The van der Waals surface area contributed by atoms with Gasteiger partial charge in [0, 0.05) is 55.2 Å². The minimum Gasteiger partial charge on any atom is -0.360 e. The van der Waals surface area contributed by atoms with Gasteiger partial charge in [0.05, 0.1) is 0 Å². The smallest absolute Gasteiger partial charge is 0.282 e. The molecule has 3 atom stereocenters. The SMILES string of the molecule is O=C(N[C@H]1C[C@H]2CC[C@@H](C1)N2S(=O)(=O)N1CC2(CCN(CCc3ccccc3)CC2)C1)c1cc(C2CC2)on1. The fourth-order valence-corrected chi connectivity index (χ4v) is 9.62. The van der Waals surface area contributed by atoms with Crippen LogP contribution in [0.2, 0.25) is 0 Å². The lowest BCUT2D eigenvalue weighted by molar-refractivity contribution is -0.00406. The maximum absolute atomic E-state index is 13.7. The van der Waals surface area contributed by atoms with E-state index in [0.717, 1.165) is 70.3 Å². The Balaban J connectivity index is 0.906. The van der Waals surface area contributed by atoms with Crippen LogP contribution >= 0.6 is 0 Å². The second-order valence-electron chi connectivity index (χ2n) is 12.6. The Morgan fingerprint density at radius 2 is 1.72 bits per heavy atom. The summed E-state index contributed by atoms with van der Waals surface area (Å²) in [7, 11) is -3.49. The van der Waals surface area contributed by atoms with Gasteiger partial charge in [0.15, 0.2) is 5.69 Å². The summed E-state index contributed by atoms with van der Waals surface area (Å²) in [4.78, 5) is 15.3. The number of nitrogens with zero attached hydrogens (tertiary/aromatic N) is 4. The molecule has 1 spiro atoms. The molecule has 4 aliphatic heterocycles. The van der Waals surface area contributed by atoms with E-state index in [0.29, 0.717) is 37.5 Å². The number of hydrogen-bond donors (Lipinski definition) is 1. The number of likely N-dealkylation sites (tertiary alicyclic amines) is 1. The Bertz CT molecular complexity index is 1280. The molecule has 4 saturated heterocycles. The molecule has 39 heavy (non-hydrogen) atoms. The van der Waals surface area contributed by atoms with Crippen molar-refractivity contribution in [2.24, 2.45) is 5.41 Å². The Morgan fingerprint density at radius 1 is 1.03 bits per heavy atom. The van der Waals surface area contributed by atoms with E-state index < -0.39 is 10.2 Å². The number of carbonyl (C=O) groups excluding carboxylic acids is 1. The molecule has 1 aliphatic carbocycles. The van der Waals surface area contributed by atoms with Crippen molar-refractivity contribution < 1.29 is 17.7 Å². The molecular formula is C29H39N5O4S. The van der Waals surface area contributed by atoms with Crippen molar-refractivity contribution in [1.29, 1.82) is 0 Å². The number of piperidine rings is 2. The summed E-state index contributed by atoms with van der Waals surface area (Å²) in [6.07, 6.45) is 8.43. The quantitative estimate of drug-likeness (QED) is 0.539. The van der Waals surface area contributed by atoms with E-state index in [9.17, 15) is 13.2 Å². The summed E-state index contributed by atoms with van der Waals surface area (Å²) in [5.74, 6) is 0.994. The summed E-state index contributed by atoms with van der Waals surface area (Å²) in [5, 5.41) is 7.07. The van der Waals surface area contributed by atoms with Gasteiger partial charge in [0.1, 0.15) is 5.76 Å². The number of amides is 1. The van der Waals surface area contributed by atoms with Crippen molar-refractivity contribution in [3.8, 4) is 0 Å². The summed E-state index contributed by atoms with van der Waals surface area (Å²) >= 11 is 0. The molecule has 1 aromatic carbocycles. The molecule has 5 heterocycles. The maximum atomic E-state index is 13.7. The van der Waals surface area contributed by atoms with E-state index in [1.165, 1.54) is 5.56 Å². The van der Waals surface area contributed by atoms with Gasteiger partial charge in [-0.2, -0.15) is 17.0 Å². The lowest BCUT2D eigenvalue weighted by Crippen LogP contribution is -2.66. The maximum Gasteiger partial charge on any atom is 0.282 e. The van der Waals surface area contributed by atoms with Crippen LogP contribution in [0.1, 0.15) is 79.1 Å². The molecule has 2 bridgehead atoms. The molecule has 9 nitrogen and oxygen atoms in total. The zero-order valence-corrected chi connectivity index (χ0v) is 23.3. The lowest BCUT2D eigenvalue weighted by Gasteiger charge is -2.54. The van der Waals surface area contributed by atoms with E-state index in [1.54, 1.807) is 14.7 Å². The Hall–Kier alpha value is -2.27. The Labute approximate surface area is 231 Å². The predicted molar refractivity (Wildman–Crippen MR) is 146 cm³/mol. The largest absolute Gasteiger partial charge is 0.360 e. The van der Waals surface area contributed by atoms with Crippen LogP contribution in [0.5, 0.6) is 0 Å². The molecule has 1 saturated carbocycles. The van der Waals surface area contributed by atoms with Crippen LogP contribution in [0.15, 0.2) is 40.9 Å². The molecule has 5 aliphatic rings. The molecular weight excluding hydrogens is 514 g/mol. The fourth-order valence-electron chi connectivity index (χ4n) is 7.34. The van der Waals surface area contributed by atoms with Gasteiger partial charge in [-0.15, -0.1) is 0 Å². The van der Waals surface area contributed by atoms with Gasteiger partial charge in [-0.25, -0.2) is 0 Å². The lowest BCUT2D eigenvalue weighted by atomic mass is 9.73. The van der Waals surface area contributed by atoms with Gasteiger partial charge in [-0.3, -0.25) is 4.79 Å². The van der Waals surface area contributed by atoms with Crippen LogP contribution in [0.25, 0.3) is 0 Å². The van der Waals surface area contributed by atoms with Crippen LogP contribution in [-0.2, 0) is 16.6 Å². The molecule has 210 valence electrons. The van der Waals surface area contributed by atoms with Gasteiger partial charge in [0.2, 0.25) is 0 Å². The molecule has 0 radical (unpaired) electrons. The minimum atomic E-state index is -3.49. The highest BCUT2D eigenvalue weighted by molar-refractivity contribution is 7.86. The fraction of sp³-hybridized carbons (Fsp3) is 0.655. The summed E-state index contributed by atoms with van der Waals surface area (Å²) in [6, 6.07) is 12.2. The standard InChI is InChI=1S/C29H39N5O4S/c35-28(26-18-27(38-31-26)22-6-7-22)30-23-16-24-8-9-25(17-23)34(24)39(36,37)33-19-29(20-33)11-14-32(15-12-29)13-10-21-4-2-1-3-5-21/h1-5,18,22-25H,6-17,19-20H2,(H,30,35)/t23-,24+,25-. The zero-order valence-electron chi connectivity index (χ0n) is 22.5. The van der Waals surface area contributed by atoms with Crippen molar-refractivity contribution >= 4 is 16.1 Å². The van der Waals surface area contributed by atoms with Crippen molar-refractivity contribution in [1.82, 2.24) is 24.0 Å². The second kappa shape index (κ2) is 9.98. The normalized spacial score (nSPS) is 29.4. The number of hydrogen-bond acceptors (Lipinski definition) is 6. The second-order valence-corrected chi connectivity index (χ2v) is 14.4. The average molecular weight is 554 g/mol. The van der Waals surface area contributed by atoms with Crippen LogP contribution in [-0.4, -0.2) is 83.8 Å². The summed E-state index contributed by atoms with van der Waals surface area (Å²) in [6.45, 7) is 4.45. The van der Waals surface area contributed by atoms with Crippen LogP contribution in [0, 0.1) is 5.41 Å². The van der Waals surface area contributed by atoms with Crippen molar-refractivity contribution in [3.63, 3.8) is 0 Å². The minimum absolute atomic E-state index is 0.0366.